The zero-order chi connectivity index (χ0) is 17.7. The van der Waals surface area contributed by atoms with E-state index >= 15 is 0 Å². The zero-order valence-corrected chi connectivity index (χ0v) is 13.3. The molecule has 2 rings (SSSR count). The Morgan fingerprint density at radius 3 is 1.38 bits per heavy atom. The van der Waals surface area contributed by atoms with Crippen LogP contribution in [-0.4, -0.2) is 9.85 Å². The molecule has 0 spiro atoms. The predicted molar refractivity (Wildman–Crippen MR) is 82.0 cm³/mol. The summed E-state index contributed by atoms with van der Waals surface area (Å²) in [5.74, 6) is -0.0991. The first kappa shape index (κ1) is 17.7. The molecule has 0 heterocycles. The summed E-state index contributed by atoms with van der Waals surface area (Å²) >= 11 is 5.14. The first-order valence-electron chi connectivity index (χ1n) is 6.11. The van der Waals surface area contributed by atoms with E-state index in [1.54, 1.807) is 0 Å². The molecular weight excluding hydrogens is 367 g/mol. The van der Waals surface area contributed by atoms with Crippen LogP contribution in [-0.2, 0) is 8.64 Å². The van der Waals surface area contributed by atoms with Gasteiger partial charge in [0.2, 0.25) is 0 Å². The molecule has 0 saturated heterocycles. The lowest BCUT2D eigenvalue weighted by molar-refractivity contribution is -0.385. The van der Waals surface area contributed by atoms with Gasteiger partial charge >= 0.3 is 7.82 Å². The monoisotopic (exact) mass is 374 g/mol. The van der Waals surface area contributed by atoms with Gasteiger partial charge < -0.3 is 9.05 Å². The number of nitro benzene ring substituents is 2. The van der Waals surface area contributed by atoms with Crippen molar-refractivity contribution in [3.05, 3.63) is 68.8 Å². The molecule has 0 aliphatic carbocycles. The number of nitro groups is 2. The number of non-ortho nitro benzene ring substituents is 2. The number of hydrogen-bond acceptors (Lipinski definition) is 8. The van der Waals surface area contributed by atoms with Crippen LogP contribution in [0.3, 0.4) is 0 Å². The first-order chi connectivity index (χ1) is 11.3. The highest BCUT2D eigenvalue weighted by molar-refractivity contribution is 7.50. The molecular formula is C12H8ClN2O8P. The second-order valence-corrected chi connectivity index (χ2v) is 6.01. The van der Waals surface area contributed by atoms with Gasteiger partial charge in [-0.3, -0.25) is 20.2 Å². The van der Waals surface area contributed by atoms with Crippen molar-refractivity contribution < 1.29 is 27.5 Å². The fourth-order valence-corrected chi connectivity index (χ4v) is 2.58. The number of rotatable bonds is 7. The summed E-state index contributed by atoms with van der Waals surface area (Å²) in [5, 5.41) is 21.1. The van der Waals surface area contributed by atoms with E-state index in [1.807, 2.05) is 0 Å². The standard InChI is InChI=1S/C12H8ClN2O8P/c13-23-24(20,21-11-5-1-9(2-6-11)14(16)17)22-12-7-3-10(4-8-12)15(18)19/h1-8H. The van der Waals surface area contributed by atoms with Crippen molar-refractivity contribution in [3.8, 4) is 11.5 Å². The Morgan fingerprint density at radius 1 is 0.792 bits per heavy atom. The molecule has 10 nitrogen and oxygen atoms in total. The van der Waals surface area contributed by atoms with Crippen LogP contribution in [0.1, 0.15) is 0 Å². The van der Waals surface area contributed by atoms with Gasteiger partial charge in [0.25, 0.3) is 11.4 Å². The topological polar surface area (TPSA) is 131 Å². The lowest BCUT2D eigenvalue weighted by Crippen LogP contribution is -2.01. The number of phosphoric ester groups is 1. The third-order valence-electron chi connectivity index (χ3n) is 2.61. The second-order valence-electron chi connectivity index (χ2n) is 4.20. The number of benzene rings is 2. The first-order valence-corrected chi connectivity index (χ1v) is 7.88. The molecule has 12 heteroatoms. The van der Waals surface area contributed by atoms with Gasteiger partial charge in [-0.15, -0.1) is 0 Å². The Morgan fingerprint density at radius 2 is 1.12 bits per heavy atom. The molecule has 0 amide bonds. The Bertz CT molecular complexity index is 732. The van der Waals surface area contributed by atoms with E-state index in [1.165, 1.54) is 24.3 Å². The second kappa shape index (κ2) is 7.26. The Hall–Kier alpha value is -2.68. The summed E-state index contributed by atoms with van der Waals surface area (Å²) in [6.45, 7) is 0. The molecule has 2 aromatic rings. The van der Waals surface area contributed by atoms with E-state index in [9.17, 15) is 24.8 Å². The summed E-state index contributed by atoms with van der Waals surface area (Å²) in [7, 11) is -4.30. The third kappa shape index (κ3) is 4.42. The van der Waals surface area contributed by atoms with Crippen LogP contribution in [0, 0.1) is 20.2 Å². The van der Waals surface area contributed by atoms with E-state index in [2.05, 4.69) is 4.08 Å². The highest BCUT2D eigenvalue weighted by Gasteiger charge is 2.31. The van der Waals surface area contributed by atoms with Crippen molar-refractivity contribution >= 4 is 31.1 Å². The molecule has 24 heavy (non-hydrogen) atoms. The SMILES string of the molecule is O=[N+]([O-])c1ccc(OP(=O)(OCl)Oc2ccc([N+](=O)[O-])cc2)cc1. The predicted octanol–water partition coefficient (Wildman–Crippen LogP) is 4.24. The Kier molecular flexibility index (Phi) is 5.35. The highest BCUT2D eigenvalue weighted by atomic mass is 35.5. The third-order valence-corrected chi connectivity index (χ3v) is 4.16. The quantitative estimate of drug-likeness (QED) is 0.399. The summed E-state index contributed by atoms with van der Waals surface area (Å²) < 4.78 is 26.5. The number of phosphoric acid groups is 1. The summed E-state index contributed by atoms with van der Waals surface area (Å²) in [4.78, 5) is 19.9. The van der Waals surface area contributed by atoms with E-state index in [0.717, 1.165) is 24.3 Å². The van der Waals surface area contributed by atoms with Crippen LogP contribution in [0.5, 0.6) is 11.5 Å². The summed E-state index contributed by atoms with van der Waals surface area (Å²) in [6, 6.07) is 9.22. The maximum atomic E-state index is 12.3. The molecule has 0 atom stereocenters. The van der Waals surface area contributed by atoms with E-state index in [0.29, 0.717) is 0 Å². The van der Waals surface area contributed by atoms with Crippen molar-refractivity contribution in [2.45, 2.75) is 0 Å². The van der Waals surface area contributed by atoms with Gasteiger partial charge in [-0.2, -0.15) is 4.08 Å². The average Bonchev–Trinajstić information content (AvgIpc) is 2.55. The molecule has 0 aliphatic rings. The Labute approximate surface area is 139 Å². The number of hydrogen-bond donors (Lipinski definition) is 0. The lowest BCUT2D eigenvalue weighted by atomic mass is 10.3. The fourth-order valence-electron chi connectivity index (χ4n) is 1.56. The minimum atomic E-state index is -4.30. The van der Waals surface area contributed by atoms with Crippen LogP contribution in [0.4, 0.5) is 11.4 Å². The fraction of sp³-hybridized carbons (Fsp3) is 0. The van der Waals surface area contributed by atoms with Crippen molar-refractivity contribution in [1.82, 2.24) is 0 Å². The van der Waals surface area contributed by atoms with E-state index < -0.39 is 17.7 Å². The number of halogens is 1. The van der Waals surface area contributed by atoms with Crippen molar-refractivity contribution in [2.75, 3.05) is 0 Å². The van der Waals surface area contributed by atoms with E-state index in [4.69, 9.17) is 20.9 Å². The van der Waals surface area contributed by atoms with Crippen molar-refractivity contribution in [3.63, 3.8) is 0 Å². The molecule has 2 aromatic carbocycles. The van der Waals surface area contributed by atoms with Gasteiger partial charge in [-0.05, 0) is 24.3 Å². The van der Waals surface area contributed by atoms with Crippen LogP contribution in [0.2, 0.25) is 0 Å². The molecule has 126 valence electrons. The molecule has 0 saturated carbocycles. The van der Waals surface area contributed by atoms with Crippen molar-refractivity contribution in [2.24, 2.45) is 0 Å². The lowest BCUT2D eigenvalue weighted by Gasteiger charge is -2.15. The summed E-state index contributed by atoms with van der Waals surface area (Å²) in [5.41, 5.74) is -0.388. The van der Waals surface area contributed by atoms with Gasteiger partial charge in [-0.25, -0.2) is 4.57 Å². The van der Waals surface area contributed by atoms with Crippen LogP contribution >= 0.6 is 19.7 Å². The molecule has 0 fully saturated rings. The molecule has 0 aliphatic heterocycles. The molecule has 0 bridgehead atoms. The van der Waals surface area contributed by atoms with Crippen molar-refractivity contribution in [1.29, 1.82) is 0 Å². The zero-order valence-electron chi connectivity index (χ0n) is 11.6. The van der Waals surface area contributed by atoms with E-state index in [-0.39, 0.29) is 22.9 Å². The highest BCUT2D eigenvalue weighted by Crippen LogP contribution is 2.50. The average molecular weight is 375 g/mol. The van der Waals surface area contributed by atoms with Gasteiger partial charge in [0.1, 0.15) is 11.5 Å². The maximum Gasteiger partial charge on any atom is 0.604 e. The summed E-state index contributed by atoms with van der Waals surface area (Å²) in [6.07, 6.45) is 0. The largest absolute Gasteiger partial charge is 0.604 e. The van der Waals surface area contributed by atoms with Gasteiger partial charge in [0.15, 0.2) is 0 Å². The minimum Gasteiger partial charge on any atom is -0.394 e. The molecule has 0 N–H and O–H groups in total. The van der Waals surface area contributed by atoms with Crippen LogP contribution < -0.4 is 9.05 Å². The smallest absolute Gasteiger partial charge is 0.394 e. The minimum absolute atomic E-state index is 0.0495. The van der Waals surface area contributed by atoms with Crippen LogP contribution in [0.15, 0.2) is 48.5 Å². The Balaban J connectivity index is 2.14. The maximum absolute atomic E-state index is 12.3. The van der Waals surface area contributed by atoms with Gasteiger partial charge in [-0.1, -0.05) is 0 Å². The molecule has 0 unspecified atom stereocenters. The van der Waals surface area contributed by atoms with Crippen LogP contribution in [0.25, 0.3) is 0 Å². The normalized spacial score (nSPS) is 10.9. The molecule has 0 aromatic heterocycles. The number of nitrogens with zero attached hydrogens (tertiary/aromatic N) is 2. The van der Waals surface area contributed by atoms with Gasteiger partial charge in [0.05, 0.1) is 21.7 Å². The molecule has 0 radical (unpaired) electrons. The van der Waals surface area contributed by atoms with Gasteiger partial charge in [0, 0.05) is 24.3 Å².